The largest absolute Gasteiger partial charge is 0.388 e. The molecule has 1 aliphatic heterocycles. The van der Waals surface area contributed by atoms with Gasteiger partial charge in [-0.15, -0.1) is 10.2 Å². The first-order chi connectivity index (χ1) is 12.2. The zero-order valence-electron chi connectivity index (χ0n) is 14.0. The molecule has 1 saturated heterocycles. The first-order valence-electron chi connectivity index (χ1n) is 8.39. The molecule has 1 aliphatic rings. The maximum Gasteiger partial charge on any atom is 0.254 e. The van der Waals surface area contributed by atoms with E-state index in [2.05, 4.69) is 15.3 Å². The summed E-state index contributed by atoms with van der Waals surface area (Å²) in [4.78, 5) is 14.8. The van der Waals surface area contributed by atoms with Crippen LogP contribution in [0, 0.1) is 0 Å². The van der Waals surface area contributed by atoms with E-state index in [4.69, 9.17) is 0 Å². The van der Waals surface area contributed by atoms with E-state index in [0.717, 1.165) is 30.7 Å². The summed E-state index contributed by atoms with van der Waals surface area (Å²) < 4.78 is 3.57. The maximum absolute atomic E-state index is 12.9. The summed E-state index contributed by atoms with van der Waals surface area (Å²) in [6.45, 7) is 1.22. The fraction of sp³-hybridized carbons (Fsp3) is 0.412. The normalized spacial score (nSPS) is 18.0. The molecule has 0 bridgehead atoms. The average molecular weight is 340 g/mol. The standard InChI is InChI=1S/C17H20N6O2/c1-21-15(11-24)19-20-16(21)13-3-2-7-22(10-13)17(25)12-5-8-23-14(9-12)4-6-18-23/h4-6,8-9,13,24H,2-3,7,10-11H2,1H3. The minimum Gasteiger partial charge on any atom is -0.388 e. The molecule has 0 aromatic carbocycles. The summed E-state index contributed by atoms with van der Waals surface area (Å²) in [5.74, 6) is 1.53. The smallest absolute Gasteiger partial charge is 0.254 e. The van der Waals surface area contributed by atoms with Gasteiger partial charge in [-0.25, -0.2) is 4.52 Å². The van der Waals surface area contributed by atoms with Crippen molar-refractivity contribution < 1.29 is 9.90 Å². The van der Waals surface area contributed by atoms with E-state index in [1.165, 1.54) is 0 Å². The number of fused-ring (bicyclic) bond motifs is 1. The monoisotopic (exact) mass is 340 g/mol. The molecule has 3 aromatic rings. The van der Waals surface area contributed by atoms with Gasteiger partial charge in [0.2, 0.25) is 0 Å². The van der Waals surface area contributed by atoms with Gasteiger partial charge in [-0.05, 0) is 31.0 Å². The Balaban J connectivity index is 1.55. The lowest BCUT2D eigenvalue weighted by Crippen LogP contribution is -2.39. The molecule has 1 fully saturated rings. The van der Waals surface area contributed by atoms with E-state index in [0.29, 0.717) is 17.9 Å². The molecule has 4 heterocycles. The molecule has 25 heavy (non-hydrogen) atoms. The van der Waals surface area contributed by atoms with E-state index >= 15 is 0 Å². The van der Waals surface area contributed by atoms with Crippen molar-refractivity contribution >= 4 is 11.4 Å². The molecule has 8 nitrogen and oxygen atoms in total. The second-order valence-corrected chi connectivity index (χ2v) is 6.40. The number of nitrogens with zero attached hydrogens (tertiary/aromatic N) is 6. The van der Waals surface area contributed by atoms with Crippen molar-refractivity contribution in [3.05, 3.63) is 47.8 Å². The summed E-state index contributed by atoms with van der Waals surface area (Å²) in [6.07, 6.45) is 5.41. The van der Waals surface area contributed by atoms with Gasteiger partial charge in [-0.1, -0.05) is 0 Å². The molecule has 1 atom stereocenters. The SMILES string of the molecule is Cn1c(CO)nnc1C1CCCN(C(=O)c2ccn3nccc3c2)C1. The zero-order chi connectivity index (χ0) is 17.4. The van der Waals surface area contributed by atoms with Crippen LogP contribution in [0.15, 0.2) is 30.6 Å². The van der Waals surface area contributed by atoms with Crippen LogP contribution < -0.4 is 0 Å². The van der Waals surface area contributed by atoms with Crippen LogP contribution in [0.25, 0.3) is 5.52 Å². The molecule has 0 saturated carbocycles. The predicted octanol–water partition coefficient (Wildman–Crippen LogP) is 0.975. The predicted molar refractivity (Wildman–Crippen MR) is 90.0 cm³/mol. The van der Waals surface area contributed by atoms with Crippen molar-refractivity contribution in [3.63, 3.8) is 0 Å². The Morgan fingerprint density at radius 1 is 1.36 bits per heavy atom. The van der Waals surface area contributed by atoms with Gasteiger partial charge in [0.15, 0.2) is 5.82 Å². The molecule has 1 unspecified atom stereocenters. The quantitative estimate of drug-likeness (QED) is 0.768. The van der Waals surface area contributed by atoms with Crippen molar-refractivity contribution in [2.24, 2.45) is 7.05 Å². The number of rotatable bonds is 3. The van der Waals surface area contributed by atoms with Crippen LogP contribution in [-0.4, -0.2) is 53.4 Å². The van der Waals surface area contributed by atoms with Gasteiger partial charge in [-0.2, -0.15) is 5.10 Å². The van der Waals surface area contributed by atoms with Gasteiger partial charge in [0.05, 0.1) is 5.52 Å². The molecule has 0 aliphatic carbocycles. The number of aromatic nitrogens is 5. The van der Waals surface area contributed by atoms with Gasteiger partial charge in [0.1, 0.15) is 12.4 Å². The third kappa shape index (κ3) is 2.78. The molecule has 0 spiro atoms. The zero-order valence-corrected chi connectivity index (χ0v) is 14.0. The first-order valence-corrected chi connectivity index (χ1v) is 8.39. The minimum absolute atomic E-state index is 0.0259. The Bertz CT molecular complexity index is 915. The topological polar surface area (TPSA) is 88.5 Å². The number of likely N-dealkylation sites (tertiary alicyclic amines) is 1. The number of aliphatic hydroxyl groups is 1. The molecule has 3 aromatic heterocycles. The van der Waals surface area contributed by atoms with E-state index in [1.807, 2.05) is 28.6 Å². The lowest BCUT2D eigenvalue weighted by atomic mass is 9.96. The Labute approximate surface area is 144 Å². The van der Waals surface area contributed by atoms with Crippen molar-refractivity contribution in [1.29, 1.82) is 0 Å². The van der Waals surface area contributed by atoms with Crippen LogP contribution in [0.5, 0.6) is 0 Å². The van der Waals surface area contributed by atoms with E-state index < -0.39 is 0 Å². The Hall–Kier alpha value is -2.74. The number of carbonyl (C=O) groups is 1. The average Bonchev–Trinajstić information content (AvgIpc) is 3.26. The number of aliphatic hydroxyl groups excluding tert-OH is 1. The van der Waals surface area contributed by atoms with E-state index in [9.17, 15) is 9.90 Å². The Kier molecular flexibility index (Phi) is 3.96. The highest BCUT2D eigenvalue weighted by Crippen LogP contribution is 2.27. The van der Waals surface area contributed by atoms with Gasteiger partial charge < -0.3 is 14.6 Å². The van der Waals surface area contributed by atoms with Crippen LogP contribution in [0.3, 0.4) is 0 Å². The van der Waals surface area contributed by atoms with Gasteiger partial charge >= 0.3 is 0 Å². The number of piperidine rings is 1. The van der Waals surface area contributed by atoms with Crippen molar-refractivity contribution in [3.8, 4) is 0 Å². The summed E-state index contributed by atoms with van der Waals surface area (Å²) in [7, 11) is 1.86. The highest BCUT2D eigenvalue weighted by molar-refractivity contribution is 5.95. The summed E-state index contributed by atoms with van der Waals surface area (Å²) >= 11 is 0. The Morgan fingerprint density at radius 3 is 3.04 bits per heavy atom. The highest BCUT2D eigenvalue weighted by Gasteiger charge is 2.28. The van der Waals surface area contributed by atoms with E-state index in [1.54, 1.807) is 23.0 Å². The molecule has 0 radical (unpaired) electrons. The molecule has 8 heteroatoms. The van der Waals surface area contributed by atoms with Crippen molar-refractivity contribution in [1.82, 2.24) is 29.3 Å². The number of carbonyl (C=O) groups excluding carboxylic acids is 1. The molecular weight excluding hydrogens is 320 g/mol. The van der Waals surface area contributed by atoms with Crippen LogP contribution in [0.1, 0.15) is 40.8 Å². The van der Waals surface area contributed by atoms with Crippen LogP contribution in [0.2, 0.25) is 0 Å². The van der Waals surface area contributed by atoms with Crippen LogP contribution >= 0.6 is 0 Å². The number of hydrogen-bond donors (Lipinski definition) is 1. The van der Waals surface area contributed by atoms with Gasteiger partial charge in [-0.3, -0.25) is 4.79 Å². The molecule has 4 rings (SSSR count). The minimum atomic E-state index is -0.135. The molecular formula is C17H20N6O2. The second kappa shape index (κ2) is 6.29. The molecule has 1 amide bonds. The summed E-state index contributed by atoms with van der Waals surface area (Å²) in [5.41, 5.74) is 1.57. The number of pyridine rings is 1. The van der Waals surface area contributed by atoms with Crippen molar-refractivity contribution in [2.45, 2.75) is 25.4 Å². The summed E-state index contributed by atoms with van der Waals surface area (Å²) in [5, 5.41) is 21.7. The number of hydrogen-bond acceptors (Lipinski definition) is 5. The number of amides is 1. The van der Waals surface area contributed by atoms with Gasteiger partial charge in [0, 0.05) is 44.0 Å². The third-order valence-electron chi connectivity index (χ3n) is 4.86. The lowest BCUT2D eigenvalue weighted by Gasteiger charge is -2.32. The van der Waals surface area contributed by atoms with Crippen molar-refractivity contribution in [2.75, 3.05) is 13.1 Å². The fourth-order valence-electron chi connectivity index (χ4n) is 3.48. The molecule has 130 valence electrons. The Morgan fingerprint density at radius 2 is 2.24 bits per heavy atom. The van der Waals surface area contributed by atoms with Crippen LogP contribution in [0.4, 0.5) is 0 Å². The maximum atomic E-state index is 12.9. The third-order valence-corrected chi connectivity index (χ3v) is 4.86. The molecule has 1 N–H and O–H groups in total. The van der Waals surface area contributed by atoms with E-state index in [-0.39, 0.29) is 18.4 Å². The first kappa shape index (κ1) is 15.8. The lowest BCUT2D eigenvalue weighted by molar-refractivity contribution is 0.0703. The second-order valence-electron chi connectivity index (χ2n) is 6.40. The fourth-order valence-corrected chi connectivity index (χ4v) is 3.48. The summed E-state index contributed by atoms with van der Waals surface area (Å²) in [6, 6.07) is 5.55. The highest BCUT2D eigenvalue weighted by atomic mass is 16.3. The van der Waals surface area contributed by atoms with Crippen LogP contribution in [-0.2, 0) is 13.7 Å². The van der Waals surface area contributed by atoms with Gasteiger partial charge in [0.25, 0.3) is 5.91 Å².